The number of aromatic nitrogens is 1. The summed E-state index contributed by atoms with van der Waals surface area (Å²) in [5.74, 6) is 0.978. The molecule has 1 aliphatic carbocycles. The number of nitrogens with zero attached hydrogens (tertiary/aromatic N) is 2. The molecule has 0 saturated heterocycles. The van der Waals surface area contributed by atoms with Crippen LogP contribution in [0.3, 0.4) is 0 Å². The van der Waals surface area contributed by atoms with Crippen LogP contribution in [-0.4, -0.2) is 16.5 Å². The highest BCUT2D eigenvalue weighted by molar-refractivity contribution is 7.18. The summed E-state index contributed by atoms with van der Waals surface area (Å²) in [5, 5.41) is 13.3. The van der Waals surface area contributed by atoms with Crippen molar-refractivity contribution in [3.8, 4) is 0 Å². The molecular formula is C25H24ClN5S. The van der Waals surface area contributed by atoms with Crippen LogP contribution in [0, 0.1) is 5.41 Å². The van der Waals surface area contributed by atoms with Crippen molar-refractivity contribution >= 4 is 51.1 Å². The first-order chi connectivity index (χ1) is 15.5. The zero-order valence-electron chi connectivity index (χ0n) is 17.8. The molecule has 1 aromatic heterocycles. The molecule has 0 amide bonds. The summed E-state index contributed by atoms with van der Waals surface area (Å²) < 4.78 is 0. The van der Waals surface area contributed by atoms with Crippen molar-refractivity contribution in [1.29, 1.82) is 5.41 Å². The summed E-state index contributed by atoms with van der Waals surface area (Å²) in [7, 11) is 0. The van der Waals surface area contributed by atoms with E-state index in [0.717, 1.165) is 63.3 Å². The molecule has 5 rings (SSSR count). The number of halogens is 1. The van der Waals surface area contributed by atoms with Crippen LogP contribution in [0.15, 0.2) is 64.7 Å². The molecule has 32 heavy (non-hydrogen) atoms. The lowest BCUT2D eigenvalue weighted by Crippen LogP contribution is -2.16. The fourth-order valence-corrected chi connectivity index (χ4v) is 5.50. The lowest BCUT2D eigenvalue weighted by molar-refractivity contribution is 0.632. The zero-order chi connectivity index (χ0) is 22.2. The molecule has 0 bridgehead atoms. The van der Waals surface area contributed by atoms with Crippen LogP contribution in [-0.2, 0) is 6.42 Å². The van der Waals surface area contributed by atoms with Gasteiger partial charge in [-0.2, -0.15) is 0 Å². The van der Waals surface area contributed by atoms with E-state index < -0.39 is 0 Å². The molecule has 0 saturated carbocycles. The van der Waals surface area contributed by atoms with Gasteiger partial charge >= 0.3 is 0 Å². The van der Waals surface area contributed by atoms with E-state index in [4.69, 9.17) is 22.7 Å². The standard InChI is InChI=1S/C25H24ClN5S/c1-2-14-6-12-17(13-7-14)29-25-31-24(28)22(32-25)21-20-18(15-8-10-16(26)11-9-15)4-3-5-19(20)23(27)30-21/h6-13,18,27H,2-5,28H2,1H3,(H,29,31). The van der Waals surface area contributed by atoms with Gasteiger partial charge in [0.05, 0.1) is 10.6 Å². The fraction of sp³-hybridized carbons (Fsp3) is 0.240. The van der Waals surface area contributed by atoms with Crippen LogP contribution in [0.4, 0.5) is 16.6 Å². The normalized spacial score (nSPS) is 18.0. The number of hydrogen-bond donors (Lipinski definition) is 3. The summed E-state index contributed by atoms with van der Waals surface area (Å²) in [6, 6.07) is 16.3. The molecule has 0 radical (unpaired) electrons. The molecule has 162 valence electrons. The summed E-state index contributed by atoms with van der Waals surface area (Å²) >= 11 is 7.61. The minimum atomic E-state index is 0.178. The number of hydrogen-bond acceptors (Lipinski definition) is 5. The van der Waals surface area contributed by atoms with Crippen molar-refractivity contribution in [2.45, 2.75) is 38.5 Å². The van der Waals surface area contributed by atoms with Gasteiger partial charge in [-0.05, 0) is 66.6 Å². The van der Waals surface area contributed by atoms with Crippen LogP contribution in [0.5, 0.6) is 0 Å². The Morgan fingerprint density at radius 3 is 2.62 bits per heavy atom. The van der Waals surface area contributed by atoms with E-state index in [9.17, 15) is 0 Å². The SMILES string of the molecule is CCc1ccc(Nc2nc(N)c(C3=NC(=N)C4=C3C(c3ccc(Cl)cc3)CCC4)s2)cc1. The van der Waals surface area contributed by atoms with Crippen molar-refractivity contribution in [3.63, 3.8) is 0 Å². The maximum Gasteiger partial charge on any atom is 0.189 e. The number of aryl methyl sites for hydroxylation is 1. The number of thiazole rings is 1. The van der Waals surface area contributed by atoms with E-state index in [0.29, 0.717) is 11.7 Å². The van der Waals surface area contributed by atoms with Gasteiger partial charge < -0.3 is 11.1 Å². The van der Waals surface area contributed by atoms with Crippen molar-refractivity contribution in [2.24, 2.45) is 4.99 Å². The van der Waals surface area contributed by atoms with Gasteiger partial charge in [-0.3, -0.25) is 5.41 Å². The Balaban J connectivity index is 1.48. The summed E-state index contributed by atoms with van der Waals surface area (Å²) in [6.07, 6.45) is 3.93. The van der Waals surface area contributed by atoms with Gasteiger partial charge in [0, 0.05) is 22.2 Å². The number of rotatable bonds is 5. The Labute approximate surface area is 196 Å². The Hall–Kier alpha value is -2.96. The third kappa shape index (κ3) is 3.85. The van der Waals surface area contributed by atoms with Crippen molar-refractivity contribution < 1.29 is 0 Å². The molecule has 2 aliphatic rings. The second-order valence-corrected chi connectivity index (χ2v) is 9.54. The smallest absolute Gasteiger partial charge is 0.189 e. The van der Waals surface area contributed by atoms with Crippen LogP contribution in [0.1, 0.15) is 48.1 Å². The molecule has 3 aromatic rings. The second kappa shape index (κ2) is 8.52. The van der Waals surface area contributed by atoms with Gasteiger partial charge in [0.2, 0.25) is 0 Å². The number of nitrogen functional groups attached to an aromatic ring is 1. The summed E-state index contributed by atoms with van der Waals surface area (Å²) in [4.78, 5) is 10.0. The monoisotopic (exact) mass is 461 g/mol. The predicted molar refractivity (Wildman–Crippen MR) is 135 cm³/mol. The first-order valence-electron chi connectivity index (χ1n) is 10.8. The highest BCUT2D eigenvalue weighted by Gasteiger charge is 2.36. The average Bonchev–Trinajstić information content (AvgIpc) is 3.34. The van der Waals surface area contributed by atoms with E-state index >= 15 is 0 Å². The quantitative estimate of drug-likeness (QED) is 0.393. The minimum Gasteiger partial charge on any atom is -0.382 e. The lowest BCUT2D eigenvalue weighted by atomic mass is 9.77. The van der Waals surface area contributed by atoms with E-state index in [-0.39, 0.29) is 5.92 Å². The lowest BCUT2D eigenvalue weighted by Gasteiger charge is -2.26. The second-order valence-electron chi connectivity index (χ2n) is 8.11. The Kier molecular flexibility index (Phi) is 5.57. The van der Waals surface area contributed by atoms with Gasteiger partial charge in [0.25, 0.3) is 0 Å². The maximum atomic E-state index is 8.50. The third-order valence-electron chi connectivity index (χ3n) is 6.11. The molecular weight excluding hydrogens is 438 g/mol. The molecule has 1 unspecified atom stereocenters. The Morgan fingerprint density at radius 2 is 1.91 bits per heavy atom. The van der Waals surface area contributed by atoms with Crippen LogP contribution >= 0.6 is 22.9 Å². The van der Waals surface area contributed by atoms with Gasteiger partial charge in [-0.1, -0.05) is 54.1 Å². The molecule has 7 heteroatoms. The van der Waals surface area contributed by atoms with Crippen LogP contribution in [0.25, 0.3) is 0 Å². The Morgan fingerprint density at radius 1 is 1.16 bits per heavy atom. The Bertz CT molecular complexity index is 1240. The van der Waals surface area contributed by atoms with Gasteiger partial charge in [0.1, 0.15) is 11.7 Å². The number of allylic oxidation sites excluding steroid dienone is 1. The van der Waals surface area contributed by atoms with Crippen molar-refractivity contribution in [2.75, 3.05) is 11.1 Å². The fourth-order valence-electron chi connectivity index (χ4n) is 4.47. The zero-order valence-corrected chi connectivity index (χ0v) is 19.4. The maximum absolute atomic E-state index is 8.50. The summed E-state index contributed by atoms with van der Waals surface area (Å²) in [5.41, 5.74) is 12.8. The van der Waals surface area contributed by atoms with Gasteiger partial charge in [0.15, 0.2) is 5.13 Å². The molecule has 4 N–H and O–H groups in total. The van der Waals surface area contributed by atoms with E-state index in [1.54, 1.807) is 0 Å². The predicted octanol–water partition coefficient (Wildman–Crippen LogP) is 6.73. The van der Waals surface area contributed by atoms with E-state index in [2.05, 4.69) is 58.6 Å². The van der Waals surface area contributed by atoms with Gasteiger partial charge in [-0.15, -0.1) is 0 Å². The van der Waals surface area contributed by atoms with Crippen molar-refractivity contribution in [1.82, 2.24) is 4.98 Å². The first kappa shape index (κ1) is 20.9. The molecule has 2 aromatic carbocycles. The number of aliphatic imine (C=N–C) groups is 1. The highest BCUT2D eigenvalue weighted by atomic mass is 35.5. The van der Waals surface area contributed by atoms with E-state index in [1.165, 1.54) is 22.5 Å². The van der Waals surface area contributed by atoms with E-state index in [1.807, 2.05) is 12.1 Å². The molecule has 0 fully saturated rings. The number of nitrogens with one attached hydrogen (secondary N) is 2. The van der Waals surface area contributed by atoms with Crippen LogP contribution in [0.2, 0.25) is 5.02 Å². The summed E-state index contributed by atoms with van der Waals surface area (Å²) in [6.45, 7) is 2.14. The largest absolute Gasteiger partial charge is 0.382 e. The average molecular weight is 462 g/mol. The number of benzene rings is 2. The number of nitrogens with two attached hydrogens (primary N) is 1. The molecule has 2 heterocycles. The molecule has 0 spiro atoms. The van der Waals surface area contributed by atoms with Crippen LogP contribution < -0.4 is 11.1 Å². The topological polar surface area (TPSA) is 87.2 Å². The third-order valence-corrected chi connectivity index (χ3v) is 7.36. The number of amidine groups is 1. The molecule has 1 aliphatic heterocycles. The van der Waals surface area contributed by atoms with Gasteiger partial charge in [-0.25, -0.2) is 9.98 Å². The minimum absolute atomic E-state index is 0.178. The highest BCUT2D eigenvalue weighted by Crippen LogP contribution is 2.45. The number of anilines is 3. The molecule has 5 nitrogen and oxygen atoms in total. The van der Waals surface area contributed by atoms with Crippen molar-refractivity contribution in [3.05, 3.63) is 80.7 Å². The first-order valence-corrected chi connectivity index (χ1v) is 12.0. The molecule has 1 atom stereocenters.